The van der Waals surface area contributed by atoms with E-state index in [1.54, 1.807) is 0 Å². The molecule has 94 valence electrons. The fourth-order valence-corrected chi connectivity index (χ4v) is 1.35. The Morgan fingerprint density at radius 2 is 2.11 bits per heavy atom. The highest BCUT2D eigenvalue weighted by molar-refractivity contribution is 5.91. The van der Waals surface area contributed by atoms with Gasteiger partial charge in [0.2, 0.25) is 5.91 Å². The van der Waals surface area contributed by atoms with Crippen LogP contribution in [-0.2, 0) is 20.9 Å². The minimum atomic E-state index is -0.432. The fourth-order valence-electron chi connectivity index (χ4n) is 1.35. The first-order valence-electron chi connectivity index (χ1n) is 5.17. The first-order valence-corrected chi connectivity index (χ1v) is 5.17. The van der Waals surface area contributed by atoms with Gasteiger partial charge in [-0.05, 0) is 12.1 Å². The molecule has 0 spiro atoms. The molecule has 1 amide bonds. The van der Waals surface area contributed by atoms with Gasteiger partial charge in [-0.2, -0.15) is 5.26 Å². The van der Waals surface area contributed by atoms with Gasteiger partial charge in [0, 0.05) is 25.1 Å². The number of ether oxygens (including phenoxy) is 1. The van der Waals surface area contributed by atoms with Gasteiger partial charge in [0.25, 0.3) is 0 Å². The zero-order valence-corrected chi connectivity index (χ0v) is 10.1. The van der Waals surface area contributed by atoms with E-state index < -0.39 is 5.97 Å². The summed E-state index contributed by atoms with van der Waals surface area (Å²) in [7, 11) is 0. The number of hydrogen-bond donors (Lipinski definition) is 2. The maximum Gasteiger partial charge on any atom is 0.302 e. The third kappa shape index (κ3) is 3.49. The Kier molecular flexibility index (Phi) is 4.27. The molecule has 0 aliphatic carbocycles. The van der Waals surface area contributed by atoms with E-state index in [1.807, 2.05) is 6.07 Å². The van der Waals surface area contributed by atoms with Gasteiger partial charge >= 0.3 is 5.97 Å². The van der Waals surface area contributed by atoms with Crippen LogP contribution >= 0.6 is 0 Å². The summed E-state index contributed by atoms with van der Waals surface area (Å²) in [4.78, 5) is 21.7. The summed E-state index contributed by atoms with van der Waals surface area (Å²) in [5.74, 6) is -0.725. The lowest BCUT2D eigenvalue weighted by Gasteiger charge is -2.10. The van der Waals surface area contributed by atoms with Crippen LogP contribution < -0.4 is 11.1 Å². The number of hydrogen-bond acceptors (Lipinski definition) is 5. The number of nitrogens with one attached hydrogen (secondary N) is 1. The Balaban J connectivity index is 3.06. The van der Waals surface area contributed by atoms with Gasteiger partial charge < -0.3 is 15.8 Å². The molecule has 0 bridgehead atoms. The van der Waals surface area contributed by atoms with Crippen molar-refractivity contribution in [2.24, 2.45) is 0 Å². The van der Waals surface area contributed by atoms with Gasteiger partial charge in [-0.25, -0.2) is 0 Å². The van der Waals surface area contributed by atoms with Crippen molar-refractivity contribution in [2.45, 2.75) is 20.5 Å². The monoisotopic (exact) mass is 247 g/mol. The summed E-state index contributed by atoms with van der Waals surface area (Å²) in [5.41, 5.74) is 7.23. The average molecular weight is 247 g/mol. The molecule has 3 N–H and O–H groups in total. The van der Waals surface area contributed by atoms with Gasteiger partial charge in [0.05, 0.1) is 11.3 Å². The topological polar surface area (TPSA) is 105 Å². The van der Waals surface area contributed by atoms with Crippen LogP contribution in [0.1, 0.15) is 25.0 Å². The molecule has 0 heterocycles. The normalized spacial score (nSPS) is 9.39. The molecule has 6 nitrogen and oxygen atoms in total. The highest BCUT2D eigenvalue weighted by atomic mass is 16.5. The predicted octanol–water partition coefficient (Wildman–Crippen LogP) is 1.16. The molecule has 1 aromatic carbocycles. The fraction of sp³-hybridized carbons (Fsp3) is 0.250. The molecular weight excluding hydrogens is 234 g/mol. The average Bonchev–Trinajstić information content (AvgIpc) is 2.27. The maximum atomic E-state index is 11.0. The molecule has 0 unspecified atom stereocenters. The first kappa shape index (κ1) is 13.5. The molecule has 0 radical (unpaired) electrons. The van der Waals surface area contributed by atoms with Crippen molar-refractivity contribution in [1.29, 1.82) is 5.26 Å². The number of rotatable bonds is 3. The van der Waals surface area contributed by atoms with Crippen LogP contribution in [0.2, 0.25) is 0 Å². The summed E-state index contributed by atoms with van der Waals surface area (Å²) < 4.78 is 4.81. The second-order valence-electron chi connectivity index (χ2n) is 3.67. The molecule has 0 saturated carbocycles. The summed E-state index contributed by atoms with van der Waals surface area (Å²) in [6.07, 6.45) is 0. The lowest BCUT2D eigenvalue weighted by molar-refractivity contribution is -0.142. The number of nitriles is 1. The molecule has 0 fully saturated rings. The predicted molar refractivity (Wildman–Crippen MR) is 65.3 cm³/mol. The number of amides is 1. The number of benzene rings is 1. The van der Waals surface area contributed by atoms with Gasteiger partial charge in [0.1, 0.15) is 12.7 Å². The number of carbonyl (C=O) groups excluding carboxylic acids is 2. The summed E-state index contributed by atoms with van der Waals surface area (Å²) >= 11 is 0. The van der Waals surface area contributed by atoms with E-state index in [-0.39, 0.29) is 18.1 Å². The quantitative estimate of drug-likeness (QED) is 0.616. The van der Waals surface area contributed by atoms with E-state index in [2.05, 4.69) is 5.32 Å². The Hall–Kier alpha value is -2.55. The number of anilines is 2. The van der Waals surface area contributed by atoms with Crippen molar-refractivity contribution >= 4 is 23.3 Å². The second kappa shape index (κ2) is 5.68. The van der Waals surface area contributed by atoms with E-state index in [4.69, 9.17) is 15.7 Å². The number of nitrogens with two attached hydrogens (primary N) is 1. The second-order valence-corrected chi connectivity index (χ2v) is 3.67. The molecule has 0 aliphatic heterocycles. The maximum absolute atomic E-state index is 11.0. The smallest absolute Gasteiger partial charge is 0.302 e. The van der Waals surface area contributed by atoms with E-state index >= 15 is 0 Å². The Bertz CT molecular complexity index is 532. The van der Waals surface area contributed by atoms with Crippen LogP contribution in [0.4, 0.5) is 11.4 Å². The Labute approximate surface area is 104 Å². The lowest BCUT2D eigenvalue weighted by atomic mass is 10.1. The number of esters is 1. The molecule has 0 aliphatic rings. The van der Waals surface area contributed by atoms with Crippen LogP contribution in [0.3, 0.4) is 0 Å². The van der Waals surface area contributed by atoms with Gasteiger partial charge in [-0.3, -0.25) is 9.59 Å². The minimum absolute atomic E-state index is 0.00377. The first-order chi connectivity index (χ1) is 8.43. The molecule has 1 rings (SSSR count). The van der Waals surface area contributed by atoms with E-state index in [1.165, 1.54) is 26.0 Å². The Morgan fingerprint density at radius 3 is 2.61 bits per heavy atom. The van der Waals surface area contributed by atoms with Crippen molar-refractivity contribution in [3.05, 3.63) is 23.3 Å². The summed E-state index contributed by atoms with van der Waals surface area (Å²) in [5, 5.41) is 11.5. The van der Waals surface area contributed by atoms with Crippen molar-refractivity contribution in [3.63, 3.8) is 0 Å². The number of carbonyl (C=O) groups is 2. The zero-order chi connectivity index (χ0) is 13.7. The Morgan fingerprint density at radius 1 is 1.44 bits per heavy atom. The van der Waals surface area contributed by atoms with Gasteiger partial charge in [-0.1, -0.05) is 0 Å². The summed E-state index contributed by atoms with van der Waals surface area (Å²) in [6, 6.07) is 4.91. The van der Waals surface area contributed by atoms with Crippen LogP contribution in [0.15, 0.2) is 12.1 Å². The zero-order valence-electron chi connectivity index (χ0n) is 10.1. The summed E-state index contributed by atoms with van der Waals surface area (Å²) in [6.45, 7) is 2.62. The van der Waals surface area contributed by atoms with Crippen LogP contribution in [0.5, 0.6) is 0 Å². The molecule has 1 aromatic rings. The van der Waals surface area contributed by atoms with Crippen LogP contribution in [0, 0.1) is 11.3 Å². The van der Waals surface area contributed by atoms with Gasteiger partial charge in [0.15, 0.2) is 0 Å². The molecule has 0 atom stereocenters. The largest absolute Gasteiger partial charge is 0.461 e. The molecule has 6 heteroatoms. The van der Waals surface area contributed by atoms with E-state index in [9.17, 15) is 9.59 Å². The van der Waals surface area contributed by atoms with Crippen molar-refractivity contribution in [2.75, 3.05) is 11.1 Å². The molecular formula is C12H13N3O3. The van der Waals surface area contributed by atoms with E-state index in [0.29, 0.717) is 16.9 Å². The number of nitrogen functional groups attached to an aromatic ring is 1. The lowest BCUT2D eigenvalue weighted by Crippen LogP contribution is -2.09. The van der Waals surface area contributed by atoms with Crippen molar-refractivity contribution in [3.8, 4) is 6.07 Å². The van der Waals surface area contributed by atoms with Crippen LogP contribution in [0.25, 0.3) is 0 Å². The number of nitrogens with zero attached hydrogens (tertiary/aromatic N) is 1. The standard InChI is InChI=1S/C12H13N3O3/c1-7(16)15-12-4-11(14)10(3-9(12)5-13)6-18-8(2)17/h3-4H,6,14H2,1-2H3,(H,15,16). The van der Waals surface area contributed by atoms with Gasteiger partial charge in [-0.15, -0.1) is 0 Å². The molecule has 18 heavy (non-hydrogen) atoms. The SMILES string of the molecule is CC(=O)Nc1cc(N)c(COC(C)=O)cc1C#N. The molecule has 0 aromatic heterocycles. The van der Waals surface area contributed by atoms with Crippen molar-refractivity contribution in [1.82, 2.24) is 0 Å². The van der Waals surface area contributed by atoms with E-state index in [0.717, 1.165) is 0 Å². The highest BCUT2D eigenvalue weighted by Gasteiger charge is 2.10. The highest BCUT2D eigenvalue weighted by Crippen LogP contribution is 2.23. The molecule has 0 saturated heterocycles. The minimum Gasteiger partial charge on any atom is -0.461 e. The third-order valence-electron chi connectivity index (χ3n) is 2.14. The third-order valence-corrected chi connectivity index (χ3v) is 2.14. The van der Waals surface area contributed by atoms with Crippen LogP contribution in [-0.4, -0.2) is 11.9 Å². The van der Waals surface area contributed by atoms with Crippen molar-refractivity contribution < 1.29 is 14.3 Å².